The van der Waals surface area contributed by atoms with E-state index in [1.807, 2.05) is 0 Å². The first-order valence-corrected chi connectivity index (χ1v) is 8.10. The first-order chi connectivity index (χ1) is 11.5. The molecule has 2 N–H and O–H groups in total. The van der Waals surface area contributed by atoms with Gasteiger partial charge < -0.3 is 10.4 Å². The molecule has 2 rings (SSSR count). The second-order valence-electron chi connectivity index (χ2n) is 4.87. The fourth-order valence-electron chi connectivity index (χ4n) is 1.95. The van der Waals surface area contributed by atoms with Crippen LogP contribution in [0.15, 0.2) is 47.4 Å². The zero-order chi connectivity index (χ0) is 17.5. The standard InChI is InChI=1S/C16H15FN2O4S/c17-11-2-5-13(6-3-11)24-9-1-8-18-16(21)14-7-4-12(20)10-15(14)19(22)23/h2-7,10,20H,1,8-9H2,(H,18,21). The highest BCUT2D eigenvalue weighted by Crippen LogP contribution is 2.23. The molecular weight excluding hydrogens is 335 g/mol. The van der Waals surface area contributed by atoms with Gasteiger partial charge in [-0.25, -0.2) is 4.39 Å². The van der Waals surface area contributed by atoms with Gasteiger partial charge in [0, 0.05) is 11.4 Å². The SMILES string of the molecule is O=C(NCCCSc1ccc(F)cc1)c1ccc(O)cc1[N+](=O)[O-]. The highest BCUT2D eigenvalue weighted by Gasteiger charge is 2.20. The lowest BCUT2D eigenvalue weighted by Gasteiger charge is -2.06. The van der Waals surface area contributed by atoms with E-state index >= 15 is 0 Å². The quantitative estimate of drug-likeness (QED) is 0.346. The van der Waals surface area contributed by atoms with Crippen LogP contribution in [0.3, 0.4) is 0 Å². The minimum atomic E-state index is -0.709. The molecule has 0 bridgehead atoms. The van der Waals surface area contributed by atoms with E-state index in [2.05, 4.69) is 5.32 Å². The molecule has 0 saturated carbocycles. The number of phenols is 1. The summed E-state index contributed by atoms with van der Waals surface area (Å²) in [7, 11) is 0. The van der Waals surface area contributed by atoms with E-state index in [0.717, 1.165) is 11.0 Å². The van der Waals surface area contributed by atoms with E-state index in [9.17, 15) is 24.4 Å². The lowest BCUT2D eigenvalue weighted by Crippen LogP contribution is -2.25. The van der Waals surface area contributed by atoms with Gasteiger partial charge in [0.1, 0.15) is 17.1 Å². The number of hydrogen-bond acceptors (Lipinski definition) is 5. The number of benzene rings is 2. The van der Waals surface area contributed by atoms with Crippen LogP contribution in [-0.2, 0) is 0 Å². The van der Waals surface area contributed by atoms with Crippen molar-refractivity contribution in [3.8, 4) is 5.75 Å². The molecule has 2 aromatic rings. The Labute approximate surface area is 141 Å². The summed E-state index contributed by atoms with van der Waals surface area (Å²) in [6.07, 6.45) is 0.652. The van der Waals surface area contributed by atoms with Gasteiger partial charge >= 0.3 is 0 Å². The third-order valence-electron chi connectivity index (χ3n) is 3.11. The van der Waals surface area contributed by atoms with Crippen LogP contribution in [0, 0.1) is 15.9 Å². The first kappa shape index (κ1) is 17.7. The molecule has 0 aliphatic carbocycles. The van der Waals surface area contributed by atoms with E-state index in [-0.39, 0.29) is 17.1 Å². The third kappa shape index (κ3) is 4.95. The molecule has 1 amide bonds. The van der Waals surface area contributed by atoms with Crippen LogP contribution in [0.25, 0.3) is 0 Å². The van der Waals surface area contributed by atoms with Crippen LogP contribution < -0.4 is 5.32 Å². The Morgan fingerprint density at radius 1 is 1.25 bits per heavy atom. The number of nitrogens with zero attached hydrogens (tertiary/aromatic N) is 1. The van der Waals surface area contributed by atoms with Gasteiger partial charge in [-0.05, 0) is 48.6 Å². The first-order valence-electron chi connectivity index (χ1n) is 7.11. The number of carbonyl (C=O) groups is 1. The Kier molecular flexibility index (Phi) is 6.14. The fraction of sp³-hybridized carbons (Fsp3) is 0.188. The van der Waals surface area contributed by atoms with E-state index < -0.39 is 16.5 Å². The smallest absolute Gasteiger partial charge is 0.285 e. The summed E-state index contributed by atoms with van der Waals surface area (Å²) in [5, 5.41) is 22.8. The van der Waals surface area contributed by atoms with Crippen LogP contribution in [-0.4, -0.2) is 28.2 Å². The van der Waals surface area contributed by atoms with Crippen molar-refractivity contribution in [2.24, 2.45) is 0 Å². The Hall–Kier alpha value is -2.61. The Bertz CT molecular complexity index is 737. The van der Waals surface area contributed by atoms with Gasteiger partial charge in [0.05, 0.1) is 11.0 Å². The highest BCUT2D eigenvalue weighted by molar-refractivity contribution is 7.99. The van der Waals surface area contributed by atoms with E-state index in [0.29, 0.717) is 18.7 Å². The summed E-state index contributed by atoms with van der Waals surface area (Å²) in [6, 6.07) is 9.51. The number of hydrogen-bond donors (Lipinski definition) is 2. The minimum Gasteiger partial charge on any atom is -0.508 e. The lowest BCUT2D eigenvalue weighted by molar-refractivity contribution is -0.385. The van der Waals surface area contributed by atoms with Gasteiger partial charge in [-0.2, -0.15) is 0 Å². The van der Waals surface area contributed by atoms with Crippen molar-refractivity contribution in [3.63, 3.8) is 0 Å². The van der Waals surface area contributed by atoms with Gasteiger partial charge in [0.2, 0.25) is 0 Å². The molecule has 24 heavy (non-hydrogen) atoms. The third-order valence-corrected chi connectivity index (χ3v) is 4.21. The largest absolute Gasteiger partial charge is 0.508 e. The molecule has 0 aliphatic heterocycles. The second-order valence-corrected chi connectivity index (χ2v) is 6.04. The number of thioether (sulfide) groups is 1. The Balaban J connectivity index is 1.81. The van der Waals surface area contributed by atoms with Crippen molar-refractivity contribution in [2.45, 2.75) is 11.3 Å². The lowest BCUT2D eigenvalue weighted by atomic mass is 10.1. The average Bonchev–Trinajstić information content (AvgIpc) is 2.56. The number of halogens is 1. The van der Waals surface area contributed by atoms with Crippen molar-refractivity contribution < 1.29 is 19.2 Å². The predicted molar refractivity (Wildman–Crippen MR) is 88.8 cm³/mol. The molecule has 0 radical (unpaired) electrons. The highest BCUT2D eigenvalue weighted by atomic mass is 32.2. The molecule has 0 saturated heterocycles. The van der Waals surface area contributed by atoms with E-state index in [1.165, 1.54) is 36.0 Å². The van der Waals surface area contributed by atoms with Gasteiger partial charge in [-0.1, -0.05) is 0 Å². The molecule has 0 atom stereocenters. The summed E-state index contributed by atoms with van der Waals surface area (Å²) in [5.41, 5.74) is -0.530. The summed E-state index contributed by atoms with van der Waals surface area (Å²) in [6.45, 7) is 0.352. The zero-order valence-electron chi connectivity index (χ0n) is 12.6. The molecule has 0 heterocycles. The number of nitro groups is 1. The number of aromatic hydroxyl groups is 1. The molecule has 0 unspecified atom stereocenters. The van der Waals surface area contributed by atoms with Crippen molar-refractivity contribution in [1.29, 1.82) is 0 Å². The molecule has 126 valence electrons. The van der Waals surface area contributed by atoms with E-state index in [1.54, 1.807) is 12.1 Å². The molecule has 0 aliphatic rings. The molecular formula is C16H15FN2O4S. The number of phenolic OH excluding ortho intramolecular Hbond substituents is 1. The van der Waals surface area contributed by atoms with Crippen LogP contribution in [0.4, 0.5) is 10.1 Å². The van der Waals surface area contributed by atoms with Gasteiger partial charge in [-0.15, -0.1) is 11.8 Å². The maximum atomic E-state index is 12.8. The Morgan fingerprint density at radius 2 is 1.96 bits per heavy atom. The molecule has 0 fully saturated rings. The van der Waals surface area contributed by atoms with Crippen molar-refractivity contribution >= 4 is 23.4 Å². The summed E-state index contributed by atoms with van der Waals surface area (Å²) < 4.78 is 12.8. The van der Waals surface area contributed by atoms with E-state index in [4.69, 9.17) is 0 Å². The molecule has 0 aromatic heterocycles. The van der Waals surface area contributed by atoms with Crippen LogP contribution in [0.1, 0.15) is 16.8 Å². The molecule has 8 heteroatoms. The normalized spacial score (nSPS) is 10.4. The monoisotopic (exact) mass is 350 g/mol. The minimum absolute atomic E-state index is 0.0935. The number of nitro benzene ring substituents is 1. The van der Waals surface area contributed by atoms with Crippen LogP contribution in [0.5, 0.6) is 5.75 Å². The topological polar surface area (TPSA) is 92.5 Å². The van der Waals surface area contributed by atoms with Crippen LogP contribution >= 0.6 is 11.8 Å². The van der Waals surface area contributed by atoms with Gasteiger partial charge in [0.15, 0.2) is 0 Å². The maximum Gasteiger partial charge on any atom is 0.285 e. The summed E-state index contributed by atoms with van der Waals surface area (Å²) in [4.78, 5) is 23.1. The number of carbonyl (C=O) groups excluding carboxylic acids is 1. The number of amides is 1. The van der Waals surface area contributed by atoms with Crippen molar-refractivity contribution in [3.05, 3.63) is 64.0 Å². The molecule has 6 nitrogen and oxygen atoms in total. The van der Waals surface area contributed by atoms with Gasteiger partial charge in [0.25, 0.3) is 11.6 Å². The molecule has 2 aromatic carbocycles. The summed E-state index contributed by atoms with van der Waals surface area (Å²) in [5.74, 6) is -0.409. The fourth-order valence-corrected chi connectivity index (χ4v) is 2.81. The maximum absolute atomic E-state index is 12.8. The second kappa shape index (κ2) is 8.30. The predicted octanol–water partition coefficient (Wildman–Crippen LogP) is 3.35. The molecule has 0 spiro atoms. The van der Waals surface area contributed by atoms with Crippen LogP contribution in [0.2, 0.25) is 0 Å². The summed E-state index contributed by atoms with van der Waals surface area (Å²) >= 11 is 1.53. The number of nitrogens with one attached hydrogen (secondary N) is 1. The number of rotatable bonds is 7. The van der Waals surface area contributed by atoms with Crippen molar-refractivity contribution in [2.75, 3.05) is 12.3 Å². The van der Waals surface area contributed by atoms with Crippen molar-refractivity contribution in [1.82, 2.24) is 5.32 Å². The Morgan fingerprint density at radius 3 is 2.62 bits per heavy atom. The average molecular weight is 350 g/mol. The van der Waals surface area contributed by atoms with Gasteiger partial charge in [-0.3, -0.25) is 14.9 Å². The zero-order valence-corrected chi connectivity index (χ0v) is 13.4.